The molecule has 4 nitrogen and oxygen atoms in total. The van der Waals surface area contributed by atoms with Gasteiger partial charge in [0.05, 0.1) is 6.61 Å². The van der Waals surface area contributed by atoms with Gasteiger partial charge in [-0.05, 0) is 39.0 Å². The quantitative estimate of drug-likeness (QED) is 0.806. The molecule has 1 fully saturated rings. The van der Waals surface area contributed by atoms with Crippen LogP contribution in [0.4, 0.5) is 0 Å². The Kier molecular flexibility index (Phi) is 9.42. The number of rotatable bonds is 6. The molecule has 0 saturated carbocycles. The van der Waals surface area contributed by atoms with Crippen molar-refractivity contribution in [3.05, 3.63) is 0 Å². The van der Waals surface area contributed by atoms with Crippen LogP contribution in [0, 0.1) is 5.92 Å². The molecular formula is C13H27ClN2O2. The van der Waals surface area contributed by atoms with Gasteiger partial charge in [-0.2, -0.15) is 0 Å². The molecule has 2 N–H and O–H groups in total. The molecule has 0 radical (unpaired) electrons. The number of carbonyl (C=O) groups excluding carboxylic acids is 1. The average Bonchev–Trinajstić information content (AvgIpc) is 2.33. The van der Waals surface area contributed by atoms with E-state index in [4.69, 9.17) is 10.5 Å². The maximum Gasteiger partial charge on any atom is 0.222 e. The van der Waals surface area contributed by atoms with Crippen molar-refractivity contribution in [3.8, 4) is 0 Å². The minimum Gasteiger partial charge on any atom is -0.381 e. The number of piperidine rings is 1. The van der Waals surface area contributed by atoms with Crippen LogP contribution < -0.4 is 5.73 Å². The van der Waals surface area contributed by atoms with Gasteiger partial charge < -0.3 is 15.4 Å². The van der Waals surface area contributed by atoms with Crippen LogP contribution >= 0.6 is 12.4 Å². The lowest BCUT2D eigenvalue weighted by atomic mass is 9.98. The second-order valence-electron chi connectivity index (χ2n) is 5.02. The molecule has 0 aromatic heterocycles. The van der Waals surface area contributed by atoms with E-state index < -0.39 is 0 Å². The highest BCUT2D eigenvalue weighted by Gasteiger charge is 2.23. The molecular weight excluding hydrogens is 252 g/mol. The van der Waals surface area contributed by atoms with Crippen molar-refractivity contribution in [2.75, 3.05) is 26.3 Å². The SMILES string of the molecule is CCOCC1CCCN(C(=O)CCC(C)N)C1.Cl. The molecule has 5 heteroatoms. The van der Waals surface area contributed by atoms with Gasteiger partial charge in [0.15, 0.2) is 0 Å². The molecule has 0 aliphatic carbocycles. The predicted octanol–water partition coefficient (Wildman–Crippen LogP) is 1.81. The van der Waals surface area contributed by atoms with Gasteiger partial charge in [0.2, 0.25) is 5.91 Å². The number of hydrogen-bond acceptors (Lipinski definition) is 3. The van der Waals surface area contributed by atoms with Crippen LogP contribution in [-0.2, 0) is 9.53 Å². The van der Waals surface area contributed by atoms with Gasteiger partial charge in [-0.1, -0.05) is 0 Å². The van der Waals surface area contributed by atoms with Crippen LogP contribution in [0.5, 0.6) is 0 Å². The van der Waals surface area contributed by atoms with E-state index in [1.165, 1.54) is 6.42 Å². The molecule has 2 unspecified atom stereocenters. The maximum absolute atomic E-state index is 12.0. The molecule has 1 amide bonds. The lowest BCUT2D eigenvalue weighted by molar-refractivity contribution is -0.133. The second kappa shape index (κ2) is 9.59. The van der Waals surface area contributed by atoms with Gasteiger partial charge in [0, 0.05) is 32.2 Å². The first-order chi connectivity index (χ1) is 8.13. The smallest absolute Gasteiger partial charge is 0.222 e. The summed E-state index contributed by atoms with van der Waals surface area (Å²) in [5.41, 5.74) is 5.67. The summed E-state index contributed by atoms with van der Waals surface area (Å²) in [6, 6.07) is 0.114. The van der Waals surface area contributed by atoms with E-state index in [0.717, 1.165) is 39.1 Å². The Bertz CT molecular complexity index is 237. The topological polar surface area (TPSA) is 55.6 Å². The molecule has 0 spiro atoms. The zero-order valence-corrected chi connectivity index (χ0v) is 12.4. The highest BCUT2D eigenvalue weighted by atomic mass is 35.5. The number of carbonyl (C=O) groups is 1. The van der Waals surface area contributed by atoms with Crippen LogP contribution in [0.2, 0.25) is 0 Å². The Labute approximate surface area is 117 Å². The Balaban J connectivity index is 0.00000289. The van der Waals surface area contributed by atoms with Gasteiger partial charge in [-0.25, -0.2) is 0 Å². The third-order valence-electron chi connectivity index (χ3n) is 3.24. The summed E-state index contributed by atoms with van der Waals surface area (Å²) in [6.07, 6.45) is 3.64. The molecule has 108 valence electrons. The van der Waals surface area contributed by atoms with Gasteiger partial charge in [0.25, 0.3) is 0 Å². The minimum absolute atomic E-state index is 0. The molecule has 1 rings (SSSR count). The number of nitrogens with two attached hydrogens (primary N) is 1. The van der Waals surface area contributed by atoms with E-state index in [2.05, 4.69) is 0 Å². The lowest BCUT2D eigenvalue weighted by Gasteiger charge is -2.32. The number of nitrogens with zero attached hydrogens (tertiary/aromatic N) is 1. The zero-order chi connectivity index (χ0) is 12.7. The van der Waals surface area contributed by atoms with Crippen molar-refractivity contribution in [3.63, 3.8) is 0 Å². The second-order valence-corrected chi connectivity index (χ2v) is 5.02. The Hall–Kier alpha value is -0.320. The molecule has 1 aliphatic heterocycles. The molecule has 0 aromatic rings. The molecule has 1 heterocycles. The van der Waals surface area contributed by atoms with E-state index in [0.29, 0.717) is 12.3 Å². The van der Waals surface area contributed by atoms with E-state index in [1.807, 2.05) is 18.7 Å². The largest absolute Gasteiger partial charge is 0.381 e. The summed E-state index contributed by atoms with van der Waals surface area (Å²) in [6.45, 7) is 7.26. The monoisotopic (exact) mass is 278 g/mol. The third-order valence-corrected chi connectivity index (χ3v) is 3.24. The molecule has 1 saturated heterocycles. The van der Waals surface area contributed by atoms with Gasteiger partial charge >= 0.3 is 0 Å². The standard InChI is InChI=1S/C13H26N2O2.ClH/c1-3-17-10-12-5-4-8-15(9-12)13(16)7-6-11(2)14;/h11-12H,3-10,14H2,1-2H3;1H. The fraction of sp³-hybridized carbons (Fsp3) is 0.923. The van der Waals surface area contributed by atoms with Gasteiger partial charge in [-0.15, -0.1) is 12.4 Å². The fourth-order valence-electron chi connectivity index (χ4n) is 2.22. The van der Waals surface area contributed by atoms with Crippen LogP contribution in [-0.4, -0.2) is 43.2 Å². The first kappa shape index (κ1) is 17.7. The highest BCUT2D eigenvalue weighted by Crippen LogP contribution is 2.18. The van der Waals surface area contributed by atoms with E-state index >= 15 is 0 Å². The van der Waals surface area contributed by atoms with Gasteiger partial charge in [0.1, 0.15) is 0 Å². The third kappa shape index (κ3) is 6.57. The van der Waals surface area contributed by atoms with Crippen molar-refractivity contribution >= 4 is 18.3 Å². The predicted molar refractivity (Wildman–Crippen MR) is 75.9 cm³/mol. The number of likely N-dealkylation sites (tertiary alicyclic amines) is 1. The van der Waals surface area contributed by atoms with Crippen LogP contribution in [0.25, 0.3) is 0 Å². The average molecular weight is 279 g/mol. The fourth-order valence-corrected chi connectivity index (χ4v) is 2.22. The Morgan fingerprint density at radius 2 is 2.28 bits per heavy atom. The van der Waals surface area contributed by atoms with Crippen LogP contribution in [0.15, 0.2) is 0 Å². The van der Waals surface area contributed by atoms with Crippen LogP contribution in [0.1, 0.15) is 39.5 Å². The summed E-state index contributed by atoms with van der Waals surface area (Å²) in [5.74, 6) is 0.770. The molecule has 2 atom stereocenters. The summed E-state index contributed by atoms with van der Waals surface area (Å²) in [7, 11) is 0. The number of ether oxygens (including phenoxy) is 1. The van der Waals surface area contributed by atoms with Crippen molar-refractivity contribution in [1.82, 2.24) is 4.90 Å². The Morgan fingerprint density at radius 3 is 2.89 bits per heavy atom. The summed E-state index contributed by atoms with van der Waals surface area (Å²) in [5, 5.41) is 0. The van der Waals surface area contributed by atoms with Crippen molar-refractivity contribution in [2.24, 2.45) is 11.7 Å². The number of amides is 1. The summed E-state index contributed by atoms with van der Waals surface area (Å²) >= 11 is 0. The first-order valence-corrected chi connectivity index (χ1v) is 6.74. The van der Waals surface area contributed by atoms with Crippen molar-refractivity contribution < 1.29 is 9.53 Å². The number of halogens is 1. The first-order valence-electron chi connectivity index (χ1n) is 6.74. The lowest BCUT2D eigenvalue weighted by Crippen LogP contribution is -2.41. The summed E-state index contributed by atoms with van der Waals surface area (Å²) in [4.78, 5) is 13.9. The molecule has 1 aliphatic rings. The van der Waals surface area contributed by atoms with Gasteiger partial charge in [-0.3, -0.25) is 4.79 Å². The maximum atomic E-state index is 12.0. The molecule has 18 heavy (non-hydrogen) atoms. The molecule has 0 aromatic carbocycles. The van der Waals surface area contributed by atoms with E-state index in [1.54, 1.807) is 0 Å². The minimum atomic E-state index is 0. The van der Waals surface area contributed by atoms with E-state index in [9.17, 15) is 4.79 Å². The summed E-state index contributed by atoms with van der Waals surface area (Å²) < 4.78 is 5.44. The number of hydrogen-bond donors (Lipinski definition) is 1. The van der Waals surface area contributed by atoms with E-state index in [-0.39, 0.29) is 24.4 Å². The van der Waals surface area contributed by atoms with Crippen LogP contribution in [0.3, 0.4) is 0 Å². The Morgan fingerprint density at radius 1 is 1.56 bits per heavy atom. The van der Waals surface area contributed by atoms with Crippen molar-refractivity contribution in [2.45, 2.75) is 45.6 Å². The van der Waals surface area contributed by atoms with Crippen molar-refractivity contribution in [1.29, 1.82) is 0 Å². The highest BCUT2D eigenvalue weighted by molar-refractivity contribution is 5.85. The zero-order valence-electron chi connectivity index (χ0n) is 11.6. The molecule has 0 bridgehead atoms. The normalized spacial score (nSPS) is 21.3.